The van der Waals surface area contributed by atoms with Crippen molar-refractivity contribution >= 4 is 23.3 Å². The quantitative estimate of drug-likeness (QED) is 0.597. The molecule has 0 bridgehead atoms. The molecule has 178 valence electrons. The summed E-state index contributed by atoms with van der Waals surface area (Å²) in [5.74, 6) is 0.166. The fraction of sp³-hybridized carbons (Fsp3) is 0.440. The number of imidazole rings is 1. The minimum absolute atomic E-state index is 0.121. The molecule has 0 spiro atoms. The average molecular weight is 463 g/mol. The van der Waals surface area contributed by atoms with E-state index in [4.69, 9.17) is 10.00 Å². The summed E-state index contributed by atoms with van der Waals surface area (Å²) in [7, 11) is 1.55. The number of piperidine rings is 1. The molecule has 9 nitrogen and oxygen atoms in total. The number of benzene rings is 1. The number of aromatic amines is 1. The smallest absolute Gasteiger partial charge is 0.408 e. The van der Waals surface area contributed by atoms with Crippen LogP contribution < -0.4 is 10.6 Å². The van der Waals surface area contributed by atoms with Crippen LogP contribution in [0.3, 0.4) is 0 Å². The first-order valence-electron chi connectivity index (χ1n) is 11.7. The number of likely N-dealkylation sites (tertiary alicyclic amines) is 1. The van der Waals surface area contributed by atoms with Crippen molar-refractivity contribution < 1.29 is 14.3 Å². The molecular formula is C25H30N6O3. The van der Waals surface area contributed by atoms with E-state index in [-0.39, 0.29) is 17.4 Å². The Bertz CT molecular complexity index is 1110. The summed E-state index contributed by atoms with van der Waals surface area (Å²) in [6, 6.07) is 8.24. The summed E-state index contributed by atoms with van der Waals surface area (Å²) in [6.45, 7) is 2.02. The van der Waals surface area contributed by atoms with Crippen molar-refractivity contribution in [2.75, 3.05) is 32.2 Å². The molecule has 34 heavy (non-hydrogen) atoms. The lowest BCUT2D eigenvalue weighted by Gasteiger charge is -2.32. The van der Waals surface area contributed by atoms with Crippen LogP contribution in [0.1, 0.15) is 71.9 Å². The lowest BCUT2D eigenvalue weighted by molar-refractivity contribution is 0.0555. The van der Waals surface area contributed by atoms with Gasteiger partial charge in [0.15, 0.2) is 5.82 Å². The fourth-order valence-electron chi connectivity index (χ4n) is 4.57. The number of ether oxygens (including phenoxy) is 1. The summed E-state index contributed by atoms with van der Waals surface area (Å²) in [6.07, 6.45) is 9.52. The largest absolute Gasteiger partial charge is 0.433 e. The van der Waals surface area contributed by atoms with Crippen LogP contribution in [0.4, 0.5) is 10.5 Å². The highest BCUT2D eigenvalue weighted by Crippen LogP contribution is 2.36. The molecule has 2 heterocycles. The van der Waals surface area contributed by atoms with E-state index >= 15 is 0 Å². The average Bonchev–Trinajstić information content (AvgIpc) is 3.38. The van der Waals surface area contributed by atoms with Crippen molar-refractivity contribution in [2.45, 2.75) is 44.4 Å². The number of hydrogen-bond donors (Lipinski definition) is 3. The number of nitrogens with zero attached hydrogens (tertiary/aromatic N) is 3. The maximum absolute atomic E-state index is 12.8. The van der Waals surface area contributed by atoms with Crippen molar-refractivity contribution in [1.29, 1.82) is 5.26 Å². The van der Waals surface area contributed by atoms with Gasteiger partial charge in [-0.05, 0) is 67.7 Å². The van der Waals surface area contributed by atoms with Crippen LogP contribution in [-0.4, -0.2) is 53.7 Å². The van der Waals surface area contributed by atoms with Crippen LogP contribution >= 0.6 is 0 Å². The molecule has 1 aliphatic heterocycles. The van der Waals surface area contributed by atoms with E-state index in [0.717, 1.165) is 56.4 Å². The molecule has 9 heteroatoms. The Kier molecular flexibility index (Phi) is 7.60. The minimum Gasteiger partial charge on any atom is -0.433 e. The molecule has 1 aromatic carbocycles. The zero-order valence-electron chi connectivity index (χ0n) is 19.4. The van der Waals surface area contributed by atoms with Gasteiger partial charge in [-0.1, -0.05) is 12.1 Å². The van der Waals surface area contributed by atoms with Gasteiger partial charge in [0, 0.05) is 31.4 Å². The predicted octanol–water partition coefficient (Wildman–Crippen LogP) is 3.98. The Balaban J connectivity index is 1.49. The maximum atomic E-state index is 12.8. The number of H-pyrrole nitrogens is 1. The zero-order valence-corrected chi connectivity index (χ0v) is 19.4. The van der Waals surface area contributed by atoms with E-state index in [0.29, 0.717) is 12.6 Å². The summed E-state index contributed by atoms with van der Waals surface area (Å²) in [4.78, 5) is 33.0. The number of nitriles is 1. The van der Waals surface area contributed by atoms with Gasteiger partial charge in [-0.25, -0.2) is 9.78 Å². The van der Waals surface area contributed by atoms with E-state index in [2.05, 4.69) is 43.7 Å². The van der Waals surface area contributed by atoms with Gasteiger partial charge in [0.05, 0.1) is 6.20 Å². The molecule has 0 atom stereocenters. The molecule has 2 amide bonds. The summed E-state index contributed by atoms with van der Waals surface area (Å²) in [5.41, 5.74) is 4.59. The molecule has 0 radical (unpaired) electrons. The number of aromatic nitrogens is 2. The molecule has 0 unspecified atom stereocenters. The number of anilines is 1. The molecule has 1 aliphatic carbocycles. The fourth-order valence-corrected chi connectivity index (χ4v) is 4.57. The molecule has 3 N–H and O–H groups in total. The Morgan fingerprint density at radius 2 is 2.12 bits per heavy atom. The van der Waals surface area contributed by atoms with Crippen molar-refractivity contribution in [3.05, 3.63) is 53.1 Å². The van der Waals surface area contributed by atoms with E-state index in [9.17, 15) is 9.59 Å². The van der Waals surface area contributed by atoms with Crippen LogP contribution in [0, 0.1) is 11.3 Å². The number of rotatable bonds is 6. The third kappa shape index (κ3) is 5.64. The van der Waals surface area contributed by atoms with Crippen molar-refractivity contribution in [3.8, 4) is 6.07 Å². The number of nitrogens with one attached hydrogen (secondary N) is 3. The Hall–Kier alpha value is -3.64. The minimum atomic E-state index is -0.413. The summed E-state index contributed by atoms with van der Waals surface area (Å²) >= 11 is 0. The van der Waals surface area contributed by atoms with Crippen molar-refractivity contribution in [2.24, 2.45) is 0 Å². The molecule has 1 saturated heterocycles. The third-order valence-corrected chi connectivity index (χ3v) is 6.48. The lowest BCUT2D eigenvalue weighted by atomic mass is 9.85. The molecule has 0 saturated carbocycles. The first kappa shape index (κ1) is 23.5. The van der Waals surface area contributed by atoms with Crippen LogP contribution in [-0.2, 0) is 4.74 Å². The van der Waals surface area contributed by atoms with E-state index < -0.39 is 6.09 Å². The van der Waals surface area contributed by atoms with Crippen LogP contribution in [0.15, 0.2) is 30.5 Å². The van der Waals surface area contributed by atoms with Gasteiger partial charge in [0.2, 0.25) is 0 Å². The monoisotopic (exact) mass is 462 g/mol. The number of carbonyl (C=O) groups excluding carboxylic acids is 2. The van der Waals surface area contributed by atoms with Crippen LogP contribution in [0.25, 0.3) is 5.57 Å². The number of amides is 2. The first-order valence-corrected chi connectivity index (χ1v) is 11.7. The Morgan fingerprint density at radius 3 is 2.79 bits per heavy atom. The second-order valence-corrected chi connectivity index (χ2v) is 8.69. The Labute approximate surface area is 199 Å². The second kappa shape index (κ2) is 11.0. The van der Waals surface area contributed by atoms with Gasteiger partial charge in [0.25, 0.3) is 5.91 Å². The van der Waals surface area contributed by atoms with Gasteiger partial charge >= 0.3 is 6.09 Å². The highest BCUT2D eigenvalue weighted by Gasteiger charge is 2.23. The van der Waals surface area contributed by atoms with Gasteiger partial charge in [0.1, 0.15) is 18.5 Å². The molecule has 1 aromatic heterocycles. The molecular weight excluding hydrogens is 432 g/mol. The van der Waals surface area contributed by atoms with E-state index in [1.807, 2.05) is 12.1 Å². The van der Waals surface area contributed by atoms with Gasteiger partial charge in [-0.3, -0.25) is 9.69 Å². The number of carbonyl (C=O) groups is 2. The normalized spacial score (nSPS) is 16.9. The molecule has 2 aromatic rings. The number of alkyl carbamates (subject to hydrolysis) is 1. The Morgan fingerprint density at radius 1 is 1.29 bits per heavy atom. The molecule has 2 aliphatic rings. The topological polar surface area (TPSA) is 123 Å². The van der Waals surface area contributed by atoms with E-state index in [1.165, 1.54) is 23.8 Å². The van der Waals surface area contributed by atoms with E-state index in [1.54, 1.807) is 7.05 Å². The standard InChI is InChI=1S/C25H30N6O3/c1-27-25(33)34-16-31-11-9-17(10-12-31)19-7-8-22(21(13-19)18-5-3-2-4-6-18)30-24(32)23-28-15-20(14-26)29-23/h5,7-8,13,15,17H,2-4,6,9-12,16H2,1H3,(H,27,33)(H,28,29)(H,30,32). The molecule has 4 rings (SSSR count). The predicted molar refractivity (Wildman–Crippen MR) is 128 cm³/mol. The molecule has 1 fully saturated rings. The van der Waals surface area contributed by atoms with Gasteiger partial charge in [-0.15, -0.1) is 0 Å². The van der Waals surface area contributed by atoms with Crippen molar-refractivity contribution in [3.63, 3.8) is 0 Å². The highest BCUT2D eigenvalue weighted by molar-refractivity contribution is 6.03. The zero-order chi connectivity index (χ0) is 23.9. The van der Waals surface area contributed by atoms with Crippen LogP contribution in [0.5, 0.6) is 0 Å². The lowest BCUT2D eigenvalue weighted by Crippen LogP contribution is -2.36. The highest BCUT2D eigenvalue weighted by atomic mass is 16.6. The SMILES string of the molecule is CNC(=O)OCN1CCC(c2ccc(NC(=O)c3ncc(C#N)[nH]3)c(C3=CCCCC3)c2)CC1. The third-order valence-electron chi connectivity index (χ3n) is 6.48. The van der Waals surface area contributed by atoms with Crippen molar-refractivity contribution in [1.82, 2.24) is 20.2 Å². The number of allylic oxidation sites excluding steroid dienone is 2. The summed E-state index contributed by atoms with van der Waals surface area (Å²) in [5, 5.41) is 14.4. The maximum Gasteiger partial charge on any atom is 0.408 e. The first-order chi connectivity index (χ1) is 16.6. The van der Waals surface area contributed by atoms with Gasteiger partial charge < -0.3 is 20.4 Å². The van der Waals surface area contributed by atoms with Crippen LogP contribution in [0.2, 0.25) is 0 Å². The number of hydrogen-bond acceptors (Lipinski definition) is 6. The van der Waals surface area contributed by atoms with Gasteiger partial charge in [-0.2, -0.15) is 5.26 Å². The second-order valence-electron chi connectivity index (χ2n) is 8.69. The summed E-state index contributed by atoms with van der Waals surface area (Å²) < 4.78 is 5.17.